The average molecular weight is 593 g/mol. The lowest BCUT2D eigenvalue weighted by atomic mass is 9.71. The lowest BCUT2D eigenvalue weighted by molar-refractivity contribution is -0.142. The van der Waals surface area contributed by atoms with Gasteiger partial charge >= 0.3 is 5.97 Å². The molecule has 0 aromatic heterocycles. The van der Waals surface area contributed by atoms with Crippen molar-refractivity contribution in [2.45, 2.75) is 94.9 Å². The van der Waals surface area contributed by atoms with Gasteiger partial charge in [0.1, 0.15) is 12.6 Å². The Morgan fingerprint density at radius 3 is 1.86 bits per heavy atom. The fourth-order valence-electron chi connectivity index (χ4n) is 7.67. The van der Waals surface area contributed by atoms with Crippen LogP contribution in [0, 0.1) is 41.4 Å². The maximum Gasteiger partial charge on any atom is 0.322 e. The Morgan fingerprint density at radius 1 is 0.738 bits per heavy atom. The van der Waals surface area contributed by atoms with E-state index in [2.05, 4.69) is 24.3 Å². The molecule has 3 aliphatic rings. The number of ketones is 1. The van der Waals surface area contributed by atoms with Crippen molar-refractivity contribution in [3.63, 3.8) is 0 Å². The number of methoxy groups -OCH3 is 3. The number of aliphatic hydroxyl groups is 2. The minimum atomic E-state index is -0.646. The molecule has 0 aromatic carbocycles. The molecule has 0 spiro atoms. The van der Waals surface area contributed by atoms with Crippen LogP contribution in [0.25, 0.3) is 0 Å². The SMILES string of the molecule is COC(=O)C(N)CC1CC(CO)CCC1/C=C/C1CC(/C=C/C2CCC(OC)CC2CC(N)C(=O)CO)CC(OC)C1. The largest absolute Gasteiger partial charge is 0.468 e. The third-order valence-electron chi connectivity index (χ3n) is 10.3. The molecule has 11 unspecified atom stereocenters. The molecule has 9 nitrogen and oxygen atoms in total. The smallest absolute Gasteiger partial charge is 0.322 e. The summed E-state index contributed by atoms with van der Waals surface area (Å²) in [5, 5.41) is 19.0. The van der Waals surface area contributed by atoms with Gasteiger partial charge in [-0.3, -0.25) is 9.59 Å². The predicted molar refractivity (Wildman–Crippen MR) is 162 cm³/mol. The molecule has 0 bridgehead atoms. The van der Waals surface area contributed by atoms with Crippen LogP contribution in [-0.2, 0) is 23.8 Å². The summed E-state index contributed by atoms with van der Waals surface area (Å²) in [5.74, 6) is 1.48. The van der Waals surface area contributed by atoms with Crippen molar-refractivity contribution >= 4 is 11.8 Å². The van der Waals surface area contributed by atoms with Crippen LogP contribution in [0.15, 0.2) is 24.3 Å². The summed E-state index contributed by atoms with van der Waals surface area (Å²) in [6.07, 6.45) is 19.6. The number of Topliss-reactive ketones (excluding diaryl/α,β-unsaturated/α-hetero) is 1. The van der Waals surface area contributed by atoms with Crippen molar-refractivity contribution in [1.82, 2.24) is 0 Å². The molecule has 3 fully saturated rings. The summed E-state index contributed by atoms with van der Waals surface area (Å²) in [6, 6.07) is -1.29. The number of hydrogen-bond donors (Lipinski definition) is 4. The highest BCUT2D eigenvalue weighted by Crippen LogP contribution is 2.40. The zero-order chi connectivity index (χ0) is 30.6. The molecule has 240 valence electrons. The van der Waals surface area contributed by atoms with Crippen LogP contribution >= 0.6 is 0 Å². The van der Waals surface area contributed by atoms with E-state index in [4.69, 9.17) is 25.7 Å². The van der Waals surface area contributed by atoms with Crippen molar-refractivity contribution in [3.8, 4) is 0 Å². The van der Waals surface area contributed by atoms with E-state index in [1.165, 1.54) is 7.11 Å². The van der Waals surface area contributed by atoms with Crippen LogP contribution in [0.2, 0.25) is 0 Å². The Morgan fingerprint density at radius 2 is 1.31 bits per heavy atom. The van der Waals surface area contributed by atoms with Crippen LogP contribution in [0.1, 0.15) is 70.6 Å². The summed E-state index contributed by atoms with van der Waals surface area (Å²) in [5.41, 5.74) is 12.3. The molecule has 3 rings (SSSR count). The minimum Gasteiger partial charge on any atom is -0.468 e. The van der Waals surface area contributed by atoms with Crippen LogP contribution < -0.4 is 11.5 Å². The van der Waals surface area contributed by atoms with E-state index < -0.39 is 18.7 Å². The highest BCUT2D eigenvalue weighted by molar-refractivity contribution is 5.84. The van der Waals surface area contributed by atoms with Gasteiger partial charge in [-0.05, 0) is 112 Å². The van der Waals surface area contributed by atoms with Gasteiger partial charge in [-0.15, -0.1) is 0 Å². The van der Waals surface area contributed by atoms with E-state index in [0.29, 0.717) is 36.5 Å². The van der Waals surface area contributed by atoms with E-state index in [1.54, 1.807) is 14.2 Å². The number of hydrogen-bond acceptors (Lipinski definition) is 9. The molecule has 11 atom stereocenters. The average Bonchev–Trinajstić information content (AvgIpc) is 3.02. The Hall–Kier alpha value is -1.62. The van der Waals surface area contributed by atoms with Gasteiger partial charge in [-0.1, -0.05) is 24.3 Å². The normalized spacial score (nSPS) is 35.7. The molecule has 9 heteroatoms. The fourth-order valence-corrected chi connectivity index (χ4v) is 7.67. The molecule has 0 amide bonds. The van der Waals surface area contributed by atoms with Gasteiger partial charge in [-0.2, -0.15) is 0 Å². The van der Waals surface area contributed by atoms with Crippen molar-refractivity contribution in [1.29, 1.82) is 0 Å². The highest BCUT2D eigenvalue weighted by atomic mass is 16.5. The van der Waals surface area contributed by atoms with Crippen molar-refractivity contribution < 1.29 is 34.0 Å². The first-order chi connectivity index (χ1) is 20.2. The standard InChI is InChI=1S/C33H56N2O7/c1-40-28-11-10-25(27(16-28)17-30(34)32(38)20-37)8-5-22-12-21(14-29(15-22)41-2)4-7-24-9-6-23(19-36)13-26(24)18-31(35)33(39)42-3/h4-5,7-8,21-31,36-37H,6,9-20,34-35H2,1-3H3/b7-4+,8-5+. The third kappa shape index (κ3) is 10.2. The second-order valence-corrected chi connectivity index (χ2v) is 13.1. The first-order valence-corrected chi connectivity index (χ1v) is 16.0. The van der Waals surface area contributed by atoms with Crippen molar-refractivity contribution in [2.75, 3.05) is 34.5 Å². The molecule has 42 heavy (non-hydrogen) atoms. The second-order valence-electron chi connectivity index (χ2n) is 13.1. The van der Waals surface area contributed by atoms with Crippen LogP contribution in [0.4, 0.5) is 0 Å². The monoisotopic (exact) mass is 592 g/mol. The Balaban J connectivity index is 1.67. The predicted octanol–water partition coefficient (Wildman–Crippen LogP) is 3.16. The lowest BCUT2D eigenvalue weighted by Crippen LogP contribution is -2.38. The van der Waals surface area contributed by atoms with Crippen molar-refractivity contribution in [3.05, 3.63) is 24.3 Å². The molecule has 0 heterocycles. The van der Waals surface area contributed by atoms with E-state index in [1.807, 2.05) is 0 Å². The molecule has 3 aliphatic carbocycles. The number of esters is 1. The second kappa shape index (κ2) is 17.6. The van der Waals surface area contributed by atoms with E-state index in [-0.39, 0.29) is 48.3 Å². The van der Waals surface area contributed by atoms with E-state index in [0.717, 1.165) is 57.8 Å². The number of rotatable bonds is 14. The minimum absolute atomic E-state index is 0.171. The third-order valence-corrected chi connectivity index (χ3v) is 10.3. The molecule has 6 N–H and O–H groups in total. The van der Waals surface area contributed by atoms with Gasteiger partial charge in [0.15, 0.2) is 5.78 Å². The van der Waals surface area contributed by atoms with Gasteiger partial charge in [-0.25, -0.2) is 0 Å². The molecule has 0 saturated heterocycles. The molecule has 0 aromatic rings. The van der Waals surface area contributed by atoms with Gasteiger partial charge in [0.2, 0.25) is 0 Å². The number of ether oxygens (including phenoxy) is 3. The van der Waals surface area contributed by atoms with Crippen LogP contribution in [0.5, 0.6) is 0 Å². The van der Waals surface area contributed by atoms with Gasteiger partial charge < -0.3 is 35.9 Å². The first-order valence-electron chi connectivity index (χ1n) is 16.0. The summed E-state index contributed by atoms with van der Waals surface area (Å²) in [6.45, 7) is -0.344. The van der Waals surface area contributed by atoms with Gasteiger partial charge in [0, 0.05) is 20.8 Å². The summed E-state index contributed by atoms with van der Waals surface area (Å²) in [4.78, 5) is 24.0. The van der Waals surface area contributed by atoms with E-state index in [9.17, 15) is 19.8 Å². The Kier molecular flexibility index (Phi) is 14.6. The number of aliphatic hydroxyl groups excluding tert-OH is 2. The van der Waals surface area contributed by atoms with Gasteiger partial charge in [0.05, 0.1) is 25.4 Å². The lowest BCUT2D eigenvalue weighted by Gasteiger charge is -2.37. The number of allylic oxidation sites excluding steroid dienone is 4. The van der Waals surface area contributed by atoms with Crippen molar-refractivity contribution in [2.24, 2.45) is 52.9 Å². The topological polar surface area (TPSA) is 154 Å². The molecule has 0 aliphatic heterocycles. The number of carbonyl (C=O) groups excluding carboxylic acids is 2. The Labute approximate surface area is 252 Å². The molecule has 3 saturated carbocycles. The van der Waals surface area contributed by atoms with Gasteiger partial charge in [0.25, 0.3) is 0 Å². The highest BCUT2D eigenvalue weighted by Gasteiger charge is 2.34. The zero-order valence-corrected chi connectivity index (χ0v) is 25.9. The number of nitrogens with two attached hydrogens (primary N) is 2. The fraction of sp³-hybridized carbons (Fsp3) is 0.818. The first kappa shape index (κ1) is 34.9. The summed E-state index contributed by atoms with van der Waals surface area (Å²) < 4.78 is 16.4. The summed E-state index contributed by atoms with van der Waals surface area (Å²) in [7, 11) is 4.90. The molecule has 0 radical (unpaired) electrons. The maximum atomic E-state index is 12.0. The molecular formula is C33H56N2O7. The van der Waals surface area contributed by atoms with E-state index >= 15 is 0 Å². The van der Waals surface area contributed by atoms with Crippen LogP contribution in [-0.4, -0.2) is 80.8 Å². The quantitative estimate of drug-likeness (QED) is 0.176. The molecular weight excluding hydrogens is 536 g/mol. The van der Waals surface area contributed by atoms with Crippen LogP contribution in [0.3, 0.4) is 0 Å². The maximum absolute atomic E-state index is 12.0. The zero-order valence-electron chi connectivity index (χ0n) is 25.9. The number of carbonyl (C=O) groups is 2. The summed E-state index contributed by atoms with van der Waals surface area (Å²) >= 11 is 0. The Bertz CT molecular complexity index is 828.